The molecule has 0 saturated carbocycles. The summed E-state index contributed by atoms with van der Waals surface area (Å²) >= 11 is 0. The molecule has 0 saturated heterocycles. The van der Waals surface area contributed by atoms with Gasteiger partial charge < -0.3 is 10.5 Å². The van der Waals surface area contributed by atoms with Crippen molar-refractivity contribution in [3.05, 3.63) is 46.8 Å². The Morgan fingerprint density at radius 3 is 2.60 bits per heavy atom. The number of aromatic nitrogens is 2. The molecule has 20 heavy (non-hydrogen) atoms. The van der Waals surface area contributed by atoms with Crippen LogP contribution in [0.1, 0.15) is 27.3 Å². The van der Waals surface area contributed by atoms with Gasteiger partial charge in [0.2, 0.25) is 0 Å². The van der Waals surface area contributed by atoms with Crippen molar-refractivity contribution in [1.82, 2.24) is 9.78 Å². The molecular weight excluding hydrogens is 256 g/mol. The lowest BCUT2D eigenvalue weighted by Crippen LogP contribution is -2.12. The van der Waals surface area contributed by atoms with Crippen molar-refractivity contribution in [3.8, 4) is 6.07 Å². The van der Waals surface area contributed by atoms with E-state index in [1.54, 1.807) is 38.2 Å². The van der Waals surface area contributed by atoms with Gasteiger partial charge in [-0.3, -0.25) is 4.68 Å². The summed E-state index contributed by atoms with van der Waals surface area (Å²) in [5, 5.41) is 12.8. The highest BCUT2D eigenvalue weighted by Gasteiger charge is 2.19. The Bertz CT molecular complexity index is 680. The van der Waals surface area contributed by atoms with E-state index in [2.05, 4.69) is 5.10 Å². The zero-order valence-corrected chi connectivity index (χ0v) is 11.3. The average molecular weight is 270 g/mol. The fourth-order valence-electron chi connectivity index (χ4n) is 1.81. The molecule has 0 bridgehead atoms. The van der Waals surface area contributed by atoms with Gasteiger partial charge in [-0.05, 0) is 24.6 Å². The number of aryl methyl sites for hydroxylation is 2. The van der Waals surface area contributed by atoms with E-state index in [1.807, 2.05) is 6.07 Å². The van der Waals surface area contributed by atoms with Gasteiger partial charge in [0.15, 0.2) is 5.69 Å². The molecule has 6 heteroatoms. The maximum absolute atomic E-state index is 12.0. The summed E-state index contributed by atoms with van der Waals surface area (Å²) in [4.78, 5) is 12.0. The van der Waals surface area contributed by atoms with Crippen LogP contribution in [0.15, 0.2) is 24.3 Å². The van der Waals surface area contributed by atoms with Crippen molar-refractivity contribution >= 4 is 11.7 Å². The Labute approximate surface area is 116 Å². The molecule has 2 aromatic rings. The van der Waals surface area contributed by atoms with Crippen molar-refractivity contribution in [3.63, 3.8) is 0 Å². The molecule has 1 heterocycles. The fraction of sp³-hybridized carbons (Fsp3) is 0.214. The zero-order valence-electron chi connectivity index (χ0n) is 11.3. The van der Waals surface area contributed by atoms with Crippen molar-refractivity contribution in [2.45, 2.75) is 13.5 Å². The summed E-state index contributed by atoms with van der Waals surface area (Å²) in [6.45, 7) is 1.85. The van der Waals surface area contributed by atoms with Crippen LogP contribution in [0, 0.1) is 18.3 Å². The van der Waals surface area contributed by atoms with Gasteiger partial charge in [0.05, 0.1) is 23.0 Å². The van der Waals surface area contributed by atoms with Gasteiger partial charge >= 0.3 is 5.97 Å². The first-order valence-electron chi connectivity index (χ1n) is 5.98. The number of ether oxygens (including phenoxy) is 1. The predicted molar refractivity (Wildman–Crippen MR) is 72.6 cm³/mol. The molecule has 6 nitrogen and oxygen atoms in total. The Hall–Kier alpha value is -2.81. The molecular formula is C14H14N4O2. The van der Waals surface area contributed by atoms with Crippen LogP contribution in [-0.2, 0) is 18.4 Å². The lowest BCUT2D eigenvalue weighted by molar-refractivity contribution is 0.0461. The van der Waals surface area contributed by atoms with Crippen molar-refractivity contribution in [2.75, 3.05) is 5.73 Å². The number of rotatable bonds is 3. The number of hydrogen-bond acceptors (Lipinski definition) is 5. The molecule has 0 spiro atoms. The fourth-order valence-corrected chi connectivity index (χ4v) is 1.81. The first-order valence-corrected chi connectivity index (χ1v) is 5.98. The van der Waals surface area contributed by atoms with Crippen LogP contribution in [0.25, 0.3) is 0 Å². The summed E-state index contributed by atoms with van der Waals surface area (Å²) in [6.07, 6.45) is 0. The quantitative estimate of drug-likeness (QED) is 0.854. The second-order valence-corrected chi connectivity index (χ2v) is 4.36. The summed E-state index contributed by atoms with van der Waals surface area (Å²) < 4.78 is 6.61. The molecule has 2 N–H and O–H groups in total. The number of hydrogen-bond donors (Lipinski definition) is 1. The Morgan fingerprint density at radius 1 is 1.45 bits per heavy atom. The summed E-state index contributed by atoms with van der Waals surface area (Å²) in [6, 6.07) is 8.85. The van der Waals surface area contributed by atoms with Crippen molar-refractivity contribution in [2.24, 2.45) is 7.05 Å². The number of nitrogens with two attached hydrogens (primary N) is 1. The van der Waals surface area contributed by atoms with Crippen LogP contribution >= 0.6 is 0 Å². The average Bonchev–Trinajstić information content (AvgIpc) is 2.70. The Kier molecular flexibility index (Phi) is 3.71. The summed E-state index contributed by atoms with van der Waals surface area (Å²) in [5.41, 5.74) is 8.33. The second-order valence-electron chi connectivity index (χ2n) is 4.36. The van der Waals surface area contributed by atoms with Crippen LogP contribution in [0.3, 0.4) is 0 Å². The minimum Gasteiger partial charge on any atom is -0.456 e. The molecule has 0 aliphatic heterocycles. The van der Waals surface area contributed by atoms with Gasteiger partial charge in [-0.1, -0.05) is 12.1 Å². The van der Waals surface area contributed by atoms with Crippen LogP contribution in [-0.4, -0.2) is 15.7 Å². The minimum atomic E-state index is -0.519. The molecule has 102 valence electrons. The highest BCUT2D eigenvalue weighted by molar-refractivity contribution is 5.93. The smallest absolute Gasteiger partial charge is 0.359 e. The first kappa shape index (κ1) is 13.6. The van der Waals surface area contributed by atoms with E-state index in [0.717, 1.165) is 5.56 Å². The van der Waals surface area contributed by atoms with Crippen molar-refractivity contribution in [1.29, 1.82) is 5.26 Å². The summed E-state index contributed by atoms with van der Waals surface area (Å²) in [7, 11) is 1.64. The summed E-state index contributed by atoms with van der Waals surface area (Å²) in [5.74, 6) is -0.519. The maximum Gasteiger partial charge on any atom is 0.359 e. The molecule has 1 aromatic heterocycles. The van der Waals surface area contributed by atoms with E-state index in [0.29, 0.717) is 16.9 Å². The van der Waals surface area contributed by atoms with E-state index in [1.165, 1.54) is 4.68 Å². The van der Waals surface area contributed by atoms with E-state index >= 15 is 0 Å². The van der Waals surface area contributed by atoms with Crippen LogP contribution in [0.5, 0.6) is 0 Å². The highest BCUT2D eigenvalue weighted by atomic mass is 16.5. The molecule has 0 amide bonds. The highest BCUT2D eigenvalue weighted by Crippen LogP contribution is 2.17. The molecule has 0 unspecified atom stereocenters. The van der Waals surface area contributed by atoms with Gasteiger partial charge in [0.1, 0.15) is 6.61 Å². The van der Waals surface area contributed by atoms with E-state index in [9.17, 15) is 4.79 Å². The number of carbonyl (C=O) groups is 1. The SMILES string of the molecule is Cc1nn(C)c(C(=O)OCc2ccc(C#N)cc2)c1N. The monoisotopic (exact) mass is 270 g/mol. The number of anilines is 1. The molecule has 0 aliphatic carbocycles. The first-order chi connectivity index (χ1) is 9.52. The van der Waals surface area contributed by atoms with Crippen LogP contribution in [0.4, 0.5) is 5.69 Å². The van der Waals surface area contributed by atoms with Crippen LogP contribution < -0.4 is 5.73 Å². The van der Waals surface area contributed by atoms with E-state index < -0.39 is 5.97 Å². The van der Waals surface area contributed by atoms with E-state index in [-0.39, 0.29) is 12.3 Å². The molecule has 0 aliphatic rings. The van der Waals surface area contributed by atoms with Gasteiger partial charge in [-0.25, -0.2) is 4.79 Å². The largest absolute Gasteiger partial charge is 0.456 e. The lowest BCUT2D eigenvalue weighted by atomic mass is 10.2. The minimum absolute atomic E-state index is 0.119. The molecule has 2 rings (SSSR count). The normalized spacial score (nSPS) is 10.1. The molecule has 0 radical (unpaired) electrons. The van der Waals surface area contributed by atoms with Gasteiger partial charge in [0.25, 0.3) is 0 Å². The van der Waals surface area contributed by atoms with Crippen LogP contribution in [0.2, 0.25) is 0 Å². The van der Waals surface area contributed by atoms with Gasteiger partial charge in [-0.2, -0.15) is 10.4 Å². The third-order valence-electron chi connectivity index (χ3n) is 2.91. The number of benzene rings is 1. The molecule has 1 aromatic carbocycles. The number of esters is 1. The van der Waals surface area contributed by atoms with E-state index in [4.69, 9.17) is 15.7 Å². The van der Waals surface area contributed by atoms with Gasteiger partial charge in [0, 0.05) is 7.05 Å². The zero-order chi connectivity index (χ0) is 14.7. The maximum atomic E-state index is 12.0. The number of carbonyl (C=O) groups excluding carboxylic acids is 1. The Morgan fingerprint density at radius 2 is 2.10 bits per heavy atom. The lowest BCUT2D eigenvalue weighted by Gasteiger charge is -2.06. The topological polar surface area (TPSA) is 93.9 Å². The number of nitriles is 1. The Balaban J connectivity index is 2.07. The standard InChI is InChI=1S/C14H14N4O2/c1-9-12(16)13(18(2)17-9)14(19)20-8-11-5-3-10(7-15)4-6-11/h3-6H,8,16H2,1-2H3. The predicted octanol–water partition coefficient (Wildman–Crippen LogP) is 1.54. The number of nitrogen functional groups attached to an aromatic ring is 1. The molecule has 0 atom stereocenters. The third kappa shape index (κ3) is 2.62. The number of nitrogens with zero attached hydrogens (tertiary/aromatic N) is 3. The van der Waals surface area contributed by atoms with Gasteiger partial charge in [-0.15, -0.1) is 0 Å². The second kappa shape index (κ2) is 5.45. The third-order valence-corrected chi connectivity index (χ3v) is 2.91. The van der Waals surface area contributed by atoms with Crippen molar-refractivity contribution < 1.29 is 9.53 Å². The molecule has 0 fully saturated rings.